The molecule has 0 atom stereocenters. The summed E-state index contributed by atoms with van der Waals surface area (Å²) in [6, 6.07) is 11.1. The first-order valence-corrected chi connectivity index (χ1v) is 6.67. The summed E-state index contributed by atoms with van der Waals surface area (Å²) in [5.41, 5.74) is 2.29. The molecule has 18 heavy (non-hydrogen) atoms. The molecule has 1 rings (SSSR count). The van der Waals surface area contributed by atoms with E-state index in [1.165, 1.54) is 11.1 Å². The van der Waals surface area contributed by atoms with Gasteiger partial charge >= 0.3 is 0 Å². The smallest absolute Gasteiger partial charge is 0.101 e. The fraction of sp³-hybridized carbons (Fsp3) is 0.562. The largest absolute Gasteiger partial charge is 0.300 e. The van der Waals surface area contributed by atoms with Gasteiger partial charge in [0.2, 0.25) is 0 Å². The third-order valence-corrected chi connectivity index (χ3v) is 2.93. The number of hydrogen-bond acceptors (Lipinski definition) is 2. The molecule has 0 bridgehead atoms. The van der Waals surface area contributed by atoms with Gasteiger partial charge in [-0.05, 0) is 43.7 Å². The van der Waals surface area contributed by atoms with Gasteiger partial charge < -0.3 is 0 Å². The maximum atomic E-state index is 8.90. The van der Waals surface area contributed by atoms with Crippen molar-refractivity contribution in [1.82, 2.24) is 5.32 Å². The van der Waals surface area contributed by atoms with Crippen LogP contribution in [-0.4, -0.2) is 12.1 Å². The van der Waals surface area contributed by atoms with Crippen LogP contribution < -0.4 is 5.32 Å². The van der Waals surface area contributed by atoms with Gasteiger partial charge in [-0.1, -0.05) is 38.1 Å². The number of nitrogens with one attached hydrogen (secondary N) is 1. The van der Waals surface area contributed by atoms with E-state index in [2.05, 4.69) is 49.5 Å². The molecule has 2 nitrogen and oxygen atoms in total. The van der Waals surface area contributed by atoms with Crippen LogP contribution >= 0.6 is 0 Å². The minimum atomic E-state index is -0.433. The quantitative estimate of drug-likeness (QED) is 0.833. The number of hydrogen-bond donors (Lipinski definition) is 1. The third-order valence-electron chi connectivity index (χ3n) is 2.93. The van der Waals surface area contributed by atoms with Gasteiger partial charge in [0.1, 0.15) is 5.54 Å². The molecule has 0 spiro atoms. The van der Waals surface area contributed by atoms with Crippen molar-refractivity contribution in [2.75, 3.05) is 6.54 Å². The molecule has 0 radical (unpaired) electrons. The van der Waals surface area contributed by atoms with Gasteiger partial charge in [-0.15, -0.1) is 0 Å². The van der Waals surface area contributed by atoms with Gasteiger partial charge in [0.15, 0.2) is 0 Å². The second kappa shape index (κ2) is 6.56. The molecule has 0 aliphatic carbocycles. The molecule has 0 saturated heterocycles. The molecule has 1 N–H and O–H groups in total. The normalized spacial score (nSPS) is 11.6. The van der Waals surface area contributed by atoms with Crippen molar-refractivity contribution in [3.05, 3.63) is 35.4 Å². The summed E-state index contributed by atoms with van der Waals surface area (Å²) < 4.78 is 0. The molecule has 0 heterocycles. The van der Waals surface area contributed by atoms with Crippen LogP contribution in [0.25, 0.3) is 0 Å². The SMILES string of the molecule is CC(C)Cc1ccc(CCNC(C)(C)C#N)cc1. The van der Waals surface area contributed by atoms with Gasteiger partial charge in [0.05, 0.1) is 6.07 Å². The molecule has 1 aromatic carbocycles. The van der Waals surface area contributed by atoms with E-state index in [0.29, 0.717) is 5.92 Å². The first-order valence-electron chi connectivity index (χ1n) is 6.67. The summed E-state index contributed by atoms with van der Waals surface area (Å²) in [6.07, 6.45) is 2.10. The van der Waals surface area contributed by atoms with Crippen molar-refractivity contribution < 1.29 is 0 Å². The minimum Gasteiger partial charge on any atom is -0.300 e. The van der Waals surface area contributed by atoms with E-state index < -0.39 is 5.54 Å². The molecule has 0 aromatic heterocycles. The van der Waals surface area contributed by atoms with Crippen molar-refractivity contribution in [1.29, 1.82) is 5.26 Å². The Morgan fingerprint density at radius 3 is 2.22 bits per heavy atom. The van der Waals surface area contributed by atoms with Crippen molar-refractivity contribution in [3.63, 3.8) is 0 Å². The summed E-state index contributed by atoms with van der Waals surface area (Å²) in [4.78, 5) is 0. The van der Waals surface area contributed by atoms with E-state index in [4.69, 9.17) is 5.26 Å². The zero-order valence-electron chi connectivity index (χ0n) is 12.0. The zero-order valence-corrected chi connectivity index (χ0v) is 12.0. The highest BCUT2D eigenvalue weighted by molar-refractivity contribution is 5.23. The average Bonchev–Trinajstić information content (AvgIpc) is 2.30. The number of nitrogens with zero attached hydrogens (tertiary/aromatic N) is 1. The Kier molecular flexibility index (Phi) is 5.37. The first kappa shape index (κ1) is 14.7. The topological polar surface area (TPSA) is 35.8 Å². The fourth-order valence-electron chi connectivity index (χ4n) is 1.87. The van der Waals surface area contributed by atoms with E-state index in [0.717, 1.165) is 19.4 Å². The van der Waals surface area contributed by atoms with E-state index >= 15 is 0 Å². The standard InChI is InChI=1S/C16H24N2/c1-13(2)11-15-7-5-14(6-8-15)9-10-18-16(3,4)12-17/h5-8,13,18H,9-11H2,1-4H3. The first-order chi connectivity index (χ1) is 8.43. The molecule has 0 saturated carbocycles. The van der Waals surface area contributed by atoms with Gasteiger partial charge in [-0.3, -0.25) is 5.32 Å². The van der Waals surface area contributed by atoms with Crippen LogP contribution in [0.5, 0.6) is 0 Å². The lowest BCUT2D eigenvalue weighted by molar-refractivity contribution is 0.490. The Balaban J connectivity index is 2.43. The summed E-state index contributed by atoms with van der Waals surface area (Å²) in [7, 11) is 0. The Labute approximate surface area is 111 Å². The van der Waals surface area contributed by atoms with Crippen LogP contribution in [0.1, 0.15) is 38.8 Å². The highest BCUT2D eigenvalue weighted by Crippen LogP contribution is 2.10. The summed E-state index contributed by atoms with van der Waals surface area (Å²) in [5, 5.41) is 12.1. The second-order valence-electron chi connectivity index (χ2n) is 5.83. The molecule has 1 aromatic rings. The number of nitriles is 1. The molecular formula is C16H24N2. The van der Waals surface area contributed by atoms with Gasteiger partial charge in [-0.2, -0.15) is 5.26 Å². The molecule has 0 aliphatic heterocycles. The molecule has 2 heteroatoms. The maximum absolute atomic E-state index is 8.90. The monoisotopic (exact) mass is 244 g/mol. The van der Waals surface area contributed by atoms with E-state index in [1.54, 1.807) is 0 Å². The Morgan fingerprint density at radius 2 is 1.72 bits per heavy atom. The van der Waals surface area contributed by atoms with Crippen molar-refractivity contribution in [2.24, 2.45) is 5.92 Å². The van der Waals surface area contributed by atoms with Crippen LogP contribution in [0.2, 0.25) is 0 Å². The fourth-order valence-corrected chi connectivity index (χ4v) is 1.87. The molecule has 0 aliphatic rings. The van der Waals surface area contributed by atoms with Crippen LogP contribution in [0, 0.1) is 17.2 Å². The average molecular weight is 244 g/mol. The van der Waals surface area contributed by atoms with Crippen LogP contribution in [-0.2, 0) is 12.8 Å². The molecule has 0 amide bonds. The third kappa shape index (κ3) is 5.33. The van der Waals surface area contributed by atoms with Crippen molar-refractivity contribution in [3.8, 4) is 6.07 Å². The van der Waals surface area contributed by atoms with E-state index in [9.17, 15) is 0 Å². The number of benzene rings is 1. The highest BCUT2D eigenvalue weighted by Gasteiger charge is 2.14. The predicted molar refractivity (Wildman–Crippen MR) is 76.4 cm³/mol. The van der Waals surface area contributed by atoms with E-state index in [-0.39, 0.29) is 0 Å². The summed E-state index contributed by atoms with van der Waals surface area (Å²) >= 11 is 0. The lowest BCUT2D eigenvalue weighted by atomic mass is 10.0. The Hall–Kier alpha value is -1.33. The Bertz CT molecular complexity index is 396. The molecule has 0 fully saturated rings. The minimum absolute atomic E-state index is 0.433. The molecule has 98 valence electrons. The van der Waals surface area contributed by atoms with Crippen LogP contribution in [0.15, 0.2) is 24.3 Å². The van der Waals surface area contributed by atoms with Gasteiger partial charge in [0.25, 0.3) is 0 Å². The van der Waals surface area contributed by atoms with Gasteiger partial charge in [0, 0.05) is 6.54 Å². The summed E-state index contributed by atoms with van der Waals surface area (Å²) in [6.45, 7) is 9.12. The number of rotatable bonds is 6. The lowest BCUT2D eigenvalue weighted by Gasteiger charge is -2.17. The zero-order chi connectivity index (χ0) is 13.6. The predicted octanol–water partition coefficient (Wildman–Crippen LogP) is 3.32. The van der Waals surface area contributed by atoms with Crippen LogP contribution in [0.4, 0.5) is 0 Å². The molecule has 0 unspecified atom stereocenters. The van der Waals surface area contributed by atoms with Gasteiger partial charge in [-0.25, -0.2) is 0 Å². The van der Waals surface area contributed by atoms with Crippen LogP contribution in [0.3, 0.4) is 0 Å². The maximum Gasteiger partial charge on any atom is 0.101 e. The second-order valence-corrected chi connectivity index (χ2v) is 5.83. The Morgan fingerprint density at radius 1 is 1.17 bits per heavy atom. The van der Waals surface area contributed by atoms with E-state index in [1.807, 2.05) is 13.8 Å². The summed E-state index contributed by atoms with van der Waals surface area (Å²) in [5.74, 6) is 0.703. The molecular weight excluding hydrogens is 220 g/mol. The highest BCUT2D eigenvalue weighted by atomic mass is 14.9. The van der Waals surface area contributed by atoms with Crippen molar-refractivity contribution in [2.45, 2.75) is 46.1 Å². The van der Waals surface area contributed by atoms with Crippen molar-refractivity contribution >= 4 is 0 Å². The lowest BCUT2D eigenvalue weighted by Crippen LogP contribution is -2.38.